The highest BCUT2D eigenvalue weighted by Crippen LogP contribution is 2.29. The molecule has 0 saturated carbocycles. The van der Waals surface area contributed by atoms with Gasteiger partial charge in [0.2, 0.25) is 0 Å². The van der Waals surface area contributed by atoms with Gasteiger partial charge in [-0.15, -0.1) is 0 Å². The van der Waals surface area contributed by atoms with Crippen molar-refractivity contribution in [2.75, 3.05) is 31.1 Å². The summed E-state index contributed by atoms with van der Waals surface area (Å²) in [5.41, 5.74) is 0.351. The third-order valence-electron chi connectivity index (χ3n) is 5.54. The van der Waals surface area contributed by atoms with Crippen LogP contribution in [0.5, 0.6) is 0 Å². The van der Waals surface area contributed by atoms with E-state index in [1.807, 2.05) is 11.0 Å². The van der Waals surface area contributed by atoms with Crippen molar-refractivity contribution >= 4 is 11.6 Å². The van der Waals surface area contributed by atoms with Gasteiger partial charge in [-0.05, 0) is 31.2 Å². The van der Waals surface area contributed by atoms with Gasteiger partial charge in [-0.2, -0.15) is 23.5 Å². The number of pyridine rings is 1. The SMILES string of the molecule is Cc1c(C(=O)N2CCN(c3cccc(F)c3C#N)CC2)cnn1-c1ccc(C(F)(F)F)cn1. The summed E-state index contributed by atoms with van der Waals surface area (Å²) in [4.78, 5) is 20.3. The zero-order valence-electron chi connectivity index (χ0n) is 17.5. The molecule has 170 valence electrons. The van der Waals surface area contributed by atoms with Crippen LogP contribution in [0.25, 0.3) is 5.82 Å². The maximum atomic E-state index is 13.9. The van der Waals surface area contributed by atoms with Gasteiger partial charge in [-0.3, -0.25) is 4.79 Å². The molecule has 0 atom stereocenters. The molecule has 3 aromatic rings. The minimum atomic E-state index is -4.49. The van der Waals surface area contributed by atoms with Crippen molar-refractivity contribution < 1.29 is 22.4 Å². The summed E-state index contributed by atoms with van der Waals surface area (Å²) in [6, 6.07) is 8.43. The number of benzene rings is 1. The molecule has 4 rings (SSSR count). The Balaban J connectivity index is 1.48. The summed E-state index contributed by atoms with van der Waals surface area (Å²) in [6.45, 7) is 3.17. The van der Waals surface area contributed by atoms with Crippen molar-refractivity contribution in [2.24, 2.45) is 0 Å². The summed E-state index contributed by atoms with van der Waals surface area (Å²) in [7, 11) is 0. The van der Waals surface area contributed by atoms with Gasteiger partial charge in [0.25, 0.3) is 5.91 Å². The molecule has 1 aromatic carbocycles. The van der Waals surface area contributed by atoms with Crippen LogP contribution in [-0.4, -0.2) is 51.8 Å². The number of anilines is 1. The minimum Gasteiger partial charge on any atom is -0.367 e. The molecule has 1 amide bonds. The number of hydrogen-bond donors (Lipinski definition) is 0. The second kappa shape index (κ2) is 8.54. The number of carbonyl (C=O) groups excluding carboxylic acids is 1. The summed E-state index contributed by atoms with van der Waals surface area (Å²) >= 11 is 0. The first kappa shape index (κ1) is 22.3. The second-order valence-corrected chi connectivity index (χ2v) is 7.48. The lowest BCUT2D eigenvalue weighted by atomic mass is 10.1. The number of nitriles is 1. The largest absolute Gasteiger partial charge is 0.417 e. The first-order chi connectivity index (χ1) is 15.7. The van der Waals surface area contributed by atoms with Crippen molar-refractivity contribution in [3.63, 3.8) is 0 Å². The van der Waals surface area contributed by atoms with E-state index in [0.717, 1.165) is 12.3 Å². The van der Waals surface area contributed by atoms with Crippen LogP contribution < -0.4 is 4.90 Å². The van der Waals surface area contributed by atoms with Crippen LogP contribution in [0.3, 0.4) is 0 Å². The Morgan fingerprint density at radius 2 is 1.82 bits per heavy atom. The van der Waals surface area contributed by atoms with E-state index in [-0.39, 0.29) is 17.3 Å². The number of aromatic nitrogens is 3. The quantitative estimate of drug-likeness (QED) is 0.561. The molecule has 7 nitrogen and oxygen atoms in total. The molecule has 11 heteroatoms. The number of amides is 1. The Hall–Kier alpha value is -3.94. The maximum absolute atomic E-state index is 13.9. The molecule has 1 aliphatic rings. The third-order valence-corrected chi connectivity index (χ3v) is 5.54. The predicted molar refractivity (Wildman–Crippen MR) is 110 cm³/mol. The smallest absolute Gasteiger partial charge is 0.367 e. The fourth-order valence-corrected chi connectivity index (χ4v) is 3.74. The van der Waals surface area contributed by atoms with E-state index in [4.69, 9.17) is 0 Å². The molecule has 0 N–H and O–H groups in total. The maximum Gasteiger partial charge on any atom is 0.417 e. The van der Waals surface area contributed by atoms with Gasteiger partial charge < -0.3 is 9.80 Å². The molecular formula is C22H18F4N6O. The molecule has 0 unspecified atom stereocenters. The van der Waals surface area contributed by atoms with E-state index in [1.165, 1.54) is 29.1 Å². The van der Waals surface area contributed by atoms with E-state index >= 15 is 0 Å². The number of hydrogen-bond acceptors (Lipinski definition) is 5. The predicted octanol–water partition coefficient (Wildman–Crippen LogP) is 3.57. The molecule has 0 spiro atoms. The highest BCUT2D eigenvalue weighted by atomic mass is 19.4. The molecule has 1 saturated heterocycles. The Labute approximate surface area is 186 Å². The molecule has 1 aliphatic heterocycles. The van der Waals surface area contributed by atoms with Crippen molar-refractivity contribution in [1.82, 2.24) is 19.7 Å². The monoisotopic (exact) mass is 458 g/mol. The van der Waals surface area contributed by atoms with Crippen LogP contribution in [0, 0.1) is 24.1 Å². The Morgan fingerprint density at radius 3 is 2.42 bits per heavy atom. The van der Waals surface area contributed by atoms with Crippen molar-refractivity contribution in [3.05, 3.63) is 70.9 Å². The van der Waals surface area contributed by atoms with Gasteiger partial charge in [0.15, 0.2) is 5.82 Å². The highest BCUT2D eigenvalue weighted by Gasteiger charge is 2.31. The normalized spacial score (nSPS) is 14.3. The molecule has 0 bridgehead atoms. The zero-order valence-corrected chi connectivity index (χ0v) is 17.5. The summed E-state index contributed by atoms with van der Waals surface area (Å²) in [5, 5.41) is 13.4. The Morgan fingerprint density at radius 1 is 1.09 bits per heavy atom. The third kappa shape index (κ3) is 4.24. The lowest BCUT2D eigenvalue weighted by Crippen LogP contribution is -2.49. The number of nitrogens with zero attached hydrogens (tertiary/aromatic N) is 6. The van der Waals surface area contributed by atoms with Gasteiger partial charge >= 0.3 is 6.18 Å². The van der Waals surface area contributed by atoms with Crippen molar-refractivity contribution in [2.45, 2.75) is 13.1 Å². The second-order valence-electron chi connectivity index (χ2n) is 7.48. The fourth-order valence-electron chi connectivity index (χ4n) is 3.74. The van der Waals surface area contributed by atoms with E-state index < -0.39 is 17.6 Å². The number of carbonyl (C=O) groups is 1. The van der Waals surface area contributed by atoms with Crippen LogP contribution in [0.15, 0.2) is 42.7 Å². The molecular weight excluding hydrogens is 440 g/mol. The first-order valence-corrected chi connectivity index (χ1v) is 10.0. The fraction of sp³-hybridized carbons (Fsp3) is 0.273. The summed E-state index contributed by atoms with van der Waals surface area (Å²) < 4.78 is 53.5. The van der Waals surface area contributed by atoms with Crippen LogP contribution in [0.4, 0.5) is 23.2 Å². The average molecular weight is 458 g/mol. The number of alkyl halides is 3. The van der Waals surface area contributed by atoms with Gasteiger partial charge in [-0.25, -0.2) is 14.1 Å². The van der Waals surface area contributed by atoms with Crippen molar-refractivity contribution in [3.8, 4) is 11.9 Å². The molecule has 2 aromatic heterocycles. The average Bonchev–Trinajstić information content (AvgIpc) is 3.19. The lowest BCUT2D eigenvalue weighted by Gasteiger charge is -2.36. The molecule has 1 fully saturated rings. The Kier molecular flexibility index (Phi) is 5.76. The highest BCUT2D eigenvalue weighted by molar-refractivity contribution is 5.95. The standard InChI is InChI=1S/C22H18F4N6O/c1-14-17(13-29-32(14)20-6-5-15(12-28-20)22(24,25)26)21(33)31-9-7-30(8-10-31)19-4-2-3-18(23)16(19)11-27/h2-6,12-13H,7-10H2,1H3. The number of rotatable bonds is 3. The summed E-state index contributed by atoms with van der Waals surface area (Å²) in [6.07, 6.45) is -2.41. The van der Waals surface area contributed by atoms with Gasteiger partial charge in [0.05, 0.1) is 28.7 Å². The number of piperazine rings is 1. The molecule has 3 heterocycles. The number of halogens is 4. The summed E-state index contributed by atoms with van der Waals surface area (Å²) in [5.74, 6) is -0.696. The van der Waals surface area contributed by atoms with Gasteiger partial charge in [-0.1, -0.05) is 6.07 Å². The lowest BCUT2D eigenvalue weighted by molar-refractivity contribution is -0.137. The van der Waals surface area contributed by atoms with E-state index in [2.05, 4.69) is 10.1 Å². The molecule has 0 radical (unpaired) electrons. The van der Waals surface area contributed by atoms with E-state index in [1.54, 1.807) is 17.9 Å². The van der Waals surface area contributed by atoms with E-state index in [0.29, 0.717) is 43.1 Å². The topological polar surface area (TPSA) is 78.0 Å². The van der Waals surface area contributed by atoms with Gasteiger partial charge in [0, 0.05) is 32.4 Å². The molecule has 0 aliphatic carbocycles. The van der Waals surface area contributed by atoms with Crippen LogP contribution >= 0.6 is 0 Å². The van der Waals surface area contributed by atoms with Crippen molar-refractivity contribution in [1.29, 1.82) is 5.26 Å². The van der Waals surface area contributed by atoms with Crippen LogP contribution in [0.2, 0.25) is 0 Å². The van der Waals surface area contributed by atoms with Gasteiger partial charge in [0.1, 0.15) is 17.4 Å². The minimum absolute atomic E-state index is 0.0292. The van der Waals surface area contributed by atoms with Crippen LogP contribution in [0.1, 0.15) is 27.2 Å². The van der Waals surface area contributed by atoms with E-state index in [9.17, 15) is 27.6 Å². The van der Waals surface area contributed by atoms with Crippen LogP contribution in [-0.2, 0) is 6.18 Å². The first-order valence-electron chi connectivity index (χ1n) is 10.0. The Bertz CT molecular complexity index is 1220. The zero-order chi connectivity index (χ0) is 23.8. The molecule has 33 heavy (non-hydrogen) atoms.